The minimum absolute atomic E-state index is 0.136. The van der Waals surface area contributed by atoms with Crippen molar-refractivity contribution in [3.05, 3.63) is 82.8 Å². The largest absolute Gasteiger partial charge is 0.318 e. The highest BCUT2D eigenvalue weighted by Gasteiger charge is 2.62. The number of Topliss-reactive ketones (excluding diaryl/α,β-unsaturated/α-hetero) is 1. The first-order valence-corrected chi connectivity index (χ1v) is 11.5. The Balaban J connectivity index is 1.59. The van der Waals surface area contributed by atoms with Crippen molar-refractivity contribution in [2.75, 3.05) is 6.26 Å². The first-order chi connectivity index (χ1) is 14.7. The maximum atomic E-state index is 15.1. The summed E-state index contributed by atoms with van der Waals surface area (Å²) in [5.41, 5.74) is -0.543. The number of halogens is 2. The number of hydrogen-bond acceptors (Lipinski definition) is 4. The summed E-state index contributed by atoms with van der Waals surface area (Å²) < 4.78 is 55.3. The molecule has 156 valence electrons. The zero-order chi connectivity index (χ0) is 22.0. The number of hydrogen-bond donors (Lipinski definition) is 0. The average molecular weight is 438 g/mol. The normalized spacial score (nSPS) is 18.5. The van der Waals surface area contributed by atoms with Crippen molar-refractivity contribution in [1.29, 1.82) is 0 Å². The molecule has 2 heterocycles. The van der Waals surface area contributed by atoms with Crippen molar-refractivity contribution in [3.8, 4) is 11.8 Å². The minimum Gasteiger partial charge on any atom is -0.318 e. The van der Waals surface area contributed by atoms with Gasteiger partial charge in [-0.15, -0.1) is 0 Å². The van der Waals surface area contributed by atoms with Crippen LogP contribution >= 0.6 is 0 Å². The molecule has 1 aromatic heterocycles. The number of aromatic nitrogens is 2. The van der Waals surface area contributed by atoms with Crippen LogP contribution in [0.15, 0.2) is 53.7 Å². The van der Waals surface area contributed by atoms with Gasteiger partial charge < -0.3 is 4.57 Å². The third-order valence-electron chi connectivity index (χ3n) is 5.74. The number of fused-ring (bicyclic) bond motifs is 2. The molecule has 1 atom stereocenters. The lowest BCUT2D eigenvalue weighted by molar-refractivity contribution is -0.122. The van der Waals surface area contributed by atoms with Gasteiger partial charge in [0, 0.05) is 23.6 Å². The Hall–Kier alpha value is -3.31. The number of benzene rings is 2. The van der Waals surface area contributed by atoms with Crippen LogP contribution in [-0.2, 0) is 20.0 Å². The van der Waals surface area contributed by atoms with Gasteiger partial charge in [-0.3, -0.25) is 4.79 Å². The number of imidazole rings is 1. The van der Waals surface area contributed by atoms with E-state index < -0.39 is 38.5 Å². The first-order valence-electron chi connectivity index (χ1n) is 9.60. The van der Waals surface area contributed by atoms with E-state index in [1.54, 1.807) is 24.3 Å². The lowest BCUT2D eigenvalue weighted by Crippen LogP contribution is -2.22. The zero-order valence-electron chi connectivity index (χ0n) is 16.4. The zero-order valence-corrected chi connectivity index (χ0v) is 17.2. The molecule has 1 aliphatic carbocycles. The van der Waals surface area contributed by atoms with Crippen molar-refractivity contribution < 1.29 is 22.0 Å². The summed E-state index contributed by atoms with van der Waals surface area (Å²) in [4.78, 5) is 17.2. The van der Waals surface area contributed by atoms with Crippen molar-refractivity contribution in [3.63, 3.8) is 0 Å². The fourth-order valence-electron chi connectivity index (χ4n) is 4.05. The fraction of sp³-hybridized carbons (Fsp3) is 0.217. The summed E-state index contributed by atoms with van der Waals surface area (Å²) in [7, 11) is -3.64. The highest BCUT2D eigenvalue weighted by Crippen LogP contribution is 2.56. The molecule has 2 aromatic carbocycles. The van der Waals surface area contributed by atoms with Gasteiger partial charge in [0.05, 0.1) is 11.0 Å². The van der Waals surface area contributed by atoms with Gasteiger partial charge in [0.25, 0.3) is 0 Å². The Morgan fingerprint density at radius 2 is 1.68 bits per heavy atom. The molecule has 0 radical (unpaired) electrons. The lowest BCUT2D eigenvalue weighted by atomic mass is 9.93. The molecule has 1 spiro atoms. The Kier molecular flexibility index (Phi) is 4.18. The van der Waals surface area contributed by atoms with E-state index in [1.807, 2.05) is 6.07 Å². The third-order valence-corrected chi connectivity index (χ3v) is 6.70. The molecule has 0 bridgehead atoms. The Labute approximate surface area is 177 Å². The van der Waals surface area contributed by atoms with Gasteiger partial charge in [0.15, 0.2) is 20.6 Å². The molecule has 0 N–H and O–H groups in total. The lowest BCUT2D eigenvalue weighted by Gasteiger charge is -2.15. The molecule has 5 rings (SSSR count). The number of rotatable bonds is 2. The van der Waals surface area contributed by atoms with Crippen LogP contribution in [0.1, 0.15) is 41.4 Å². The van der Waals surface area contributed by atoms with Gasteiger partial charge in [-0.05, 0) is 37.1 Å². The molecule has 2 aliphatic rings. The van der Waals surface area contributed by atoms with Gasteiger partial charge >= 0.3 is 0 Å². The van der Waals surface area contributed by atoms with Crippen LogP contribution in [0.4, 0.5) is 8.78 Å². The maximum Gasteiger partial charge on any atom is 0.194 e. The van der Waals surface area contributed by atoms with Gasteiger partial charge in [0.1, 0.15) is 23.5 Å². The van der Waals surface area contributed by atoms with Crippen LogP contribution in [-0.4, -0.2) is 30.0 Å². The van der Waals surface area contributed by atoms with Crippen molar-refractivity contribution in [2.45, 2.75) is 29.3 Å². The Bertz CT molecular complexity index is 1390. The van der Waals surface area contributed by atoms with E-state index in [4.69, 9.17) is 0 Å². The topological polar surface area (TPSA) is 69.0 Å². The second-order valence-corrected chi connectivity index (χ2v) is 9.86. The van der Waals surface area contributed by atoms with E-state index in [1.165, 1.54) is 10.8 Å². The molecule has 8 heteroatoms. The molecule has 1 aliphatic heterocycles. The van der Waals surface area contributed by atoms with Crippen LogP contribution in [0.25, 0.3) is 0 Å². The minimum atomic E-state index is -3.64. The molecule has 1 fully saturated rings. The van der Waals surface area contributed by atoms with Crippen molar-refractivity contribution in [2.24, 2.45) is 0 Å². The molecule has 0 amide bonds. The second kappa shape index (κ2) is 6.59. The number of nitrogens with zero attached hydrogens (tertiary/aromatic N) is 2. The summed E-state index contributed by atoms with van der Waals surface area (Å²) in [6.07, 6.45) is 3.16. The fourth-order valence-corrected chi connectivity index (χ4v) is 4.60. The molecule has 1 unspecified atom stereocenters. The highest BCUT2D eigenvalue weighted by molar-refractivity contribution is 7.90. The highest BCUT2D eigenvalue weighted by atomic mass is 32.2. The third kappa shape index (κ3) is 3.08. The predicted octanol–water partition coefficient (Wildman–Crippen LogP) is 3.17. The number of carbonyl (C=O) groups excluding carboxylic acids is 1. The van der Waals surface area contributed by atoms with Crippen LogP contribution < -0.4 is 0 Å². The molecule has 5 nitrogen and oxygen atoms in total. The van der Waals surface area contributed by atoms with E-state index >= 15 is 8.78 Å². The first kappa shape index (κ1) is 19.6. The maximum absolute atomic E-state index is 15.1. The smallest absolute Gasteiger partial charge is 0.194 e. The summed E-state index contributed by atoms with van der Waals surface area (Å²) in [5, 5.41) is -0.211. The Morgan fingerprint density at radius 3 is 2.26 bits per heavy atom. The van der Waals surface area contributed by atoms with E-state index in [0.29, 0.717) is 18.4 Å². The van der Waals surface area contributed by atoms with Crippen LogP contribution in [0.5, 0.6) is 0 Å². The van der Waals surface area contributed by atoms with E-state index in [9.17, 15) is 13.2 Å². The van der Waals surface area contributed by atoms with E-state index in [-0.39, 0.29) is 22.2 Å². The average Bonchev–Trinajstić information content (AvgIpc) is 3.35. The molecule has 1 saturated carbocycles. The van der Waals surface area contributed by atoms with E-state index in [0.717, 1.165) is 18.4 Å². The molecule has 3 aromatic rings. The van der Waals surface area contributed by atoms with Gasteiger partial charge in [-0.1, -0.05) is 30.0 Å². The van der Waals surface area contributed by atoms with Crippen molar-refractivity contribution in [1.82, 2.24) is 9.55 Å². The molecular weight excluding hydrogens is 422 g/mol. The SMILES string of the molecule is CS(=O)(=O)c1cn2c(n1)C1(CC1)C(=O)C2c1c(F)cc(C#Cc2ccccc2)cc1F. The number of sulfone groups is 1. The standard InChI is InChI=1S/C23H16F2N2O3S/c1-31(29,30)18-13-27-20(21(28)23(9-10-23)22(27)26-18)19-16(24)11-15(12-17(19)25)8-7-14-5-3-2-4-6-14/h2-6,11-13,20H,9-10H2,1H3. The van der Waals surface area contributed by atoms with E-state index in [2.05, 4.69) is 16.8 Å². The molecule has 0 saturated heterocycles. The molecular formula is C23H16F2N2O3S. The summed E-state index contributed by atoms with van der Waals surface area (Å²) in [5.74, 6) is 3.65. The monoisotopic (exact) mass is 438 g/mol. The predicted molar refractivity (Wildman–Crippen MR) is 108 cm³/mol. The summed E-state index contributed by atoms with van der Waals surface area (Å²) in [6.45, 7) is 0. The van der Waals surface area contributed by atoms with Crippen LogP contribution in [0, 0.1) is 23.5 Å². The van der Waals surface area contributed by atoms with Gasteiger partial charge in [-0.25, -0.2) is 22.2 Å². The summed E-state index contributed by atoms with van der Waals surface area (Å²) in [6, 6.07) is 9.89. The van der Waals surface area contributed by atoms with Gasteiger partial charge in [0.2, 0.25) is 0 Å². The Morgan fingerprint density at radius 1 is 1.06 bits per heavy atom. The van der Waals surface area contributed by atoms with Crippen molar-refractivity contribution >= 4 is 15.6 Å². The van der Waals surface area contributed by atoms with Gasteiger partial charge in [-0.2, -0.15) is 0 Å². The van der Waals surface area contributed by atoms with Crippen LogP contribution in [0.3, 0.4) is 0 Å². The van der Waals surface area contributed by atoms with Crippen LogP contribution in [0.2, 0.25) is 0 Å². The number of ketones is 1. The quantitative estimate of drug-likeness (QED) is 0.577. The number of carbonyl (C=O) groups is 1. The summed E-state index contributed by atoms with van der Waals surface area (Å²) >= 11 is 0. The molecule has 31 heavy (non-hydrogen) atoms. The second-order valence-electron chi connectivity index (χ2n) is 7.90.